The maximum Gasteiger partial charge on any atom is 0.162 e. The molecule has 29 heavy (non-hydrogen) atoms. The number of hydrogen-bond acceptors (Lipinski definition) is 4. The van der Waals surface area contributed by atoms with Crippen molar-refractivity contribution in [2.45, 2.75) is 45.8 Å². The largest absolute Gasteiger partial charge is 0.267 e. The molecule has 0 N–H and O–H groups in total. The molecule has 0 saturated carbocycles. The molecule has 2 atom stereocenters. The van der Waals surface area contributed by atoms with Crippen LogP contribution in [0.4, 0.5) is 0 Å². The summed E-state index contributed by atoms with van der Waals surface area (Å²) in [5.41, 5.74) is 6.28. The van der Waals surface area contributed by atoms with E-state index < -0.39 is 6.04 Å². The minimum Gasteiger partial charge on any atom is -0.267 e. The highest BCUT2D eigenvalue weighted by atomic mass is 15.5. The van der Waals surface area contributed by atoms with Crippen molar-refractivity contribution in [1.82, 2.24) is 14.8 Å². The number of aryl methyl sites for hydroxylation is 1. The molecule has 146 valence electrons. The van der Waals surface area contributed by atoms with Gasteiger partial charge in [0.1, 0.15) is 0 Å². The lowest BCUT2D eigenvalue weighted by Crippen LogP contribution is -2.25. The van der Waals surface area contributed by atoms with Crippen molar-refractivity contribution in [3.63, 3.8) is 0 Å². The zero-order valence-corrected chi connectivity index (χ0v) is 17.1. The smallest absolute Gasteiger partial charge is 0.162 e. The van der Waals surface area contributed by atoms with Crippen molar-refractivity contribution >= 4 is 5.71 Å². The van der Waals surface area contributed by atoms with Crippen molar-refractivity contribution in [2.24, 2.45) is 5.10 Å². The zero-order chi connectivity index (χ0) is 20.4. The average molecular weight is 383 g/mol. The minimum absolute atomic E-state index is 0.0668. The lowest BCUT2D eigenvalue weighted by atomic mass is 9.98. The second-order valence-electron chi connectivity index (χ2n) is 7.61. The van der Waals surface area contributed by atoms with E-state index in [2.05, 4.69) is 30.3 Å². The van der Waals surface area contributed by atoms with Gasteiger partial charge in [-0.15, -0.1) is 0 Å². The van der Waals surface area contributed by atoms with Crippen LogP contribution in [-0.2, 0) is 6.54 Å². The van der Waals surface area contributed by atoms with E-state index in [4.69, 9.17) is 10.2 Å². The molecule has 1 aromatic heterocycles. The average Bonchev–Trinajstić information content (AvgIpc) is 3.25. The Morgan fingerprint density at radius 3 is 2.34 bits per heavy atom. The van der Waals surface area contributed by atoms with Gasteiger partial charge < -0.3 is 0 Å². The molecule has 0 fully saturated rings. The highest BCUT2D eigenvalue weighted by molar-refractivity contribution is 5.84. The first-order chi connectivity index (χ1) is 14.1. The summed E-state index contributed by atoms with van der Waals surface area (Å²) in [4.78, 5) is 0. The molecule has 3 aromatic rings. The zero-order valence-electron chi connectivity index (χ0n) is 17.1. The number of aromatic nitrogens is 2. The number of benzene rings is 2. The second-order valence-corrected chi connectivity index (χ2v) is 7.61. The quantitative estimate of drug-likeness (QED) is 0.627. The third kappa shape index (κ3) is 3.66. The van der Waals surface area contributed by atoms with Crippen LogP contribution in [0.1, 0.15) is 53.5 Å². The molecule has 1 aliphatic rings. The van der Waals surface area contributed by atoms with Crippen molar-refractivity contribution in [1.29, 1.82) is 5.26 Å². The van der Waals surface area contributed by atoms with E-state index in [1.165, 1.54) is 11.1 Å². The summed E-state index contributed by atoms with van der Waals surface area (Å²) in [6.45, 7) is 6.75. The first-order valence-electron chi connectivity index (χ1n) is 9.93. The van der Waals surface area contributed by atoms with Gasteiger partial charge in [-0.05, 0) is 31.9 Å². The van der Waals surface area contributed by atoms with E-state index in [1.54, 1.807) is 0 Å². The predicted octanol–water partition coefficient (Wildman–Crippen LogP) is 4.94. The molecule has 5 nitrogen and oxygen atoms in total. The van der Waals surface area contributed by atoms with E-state index in [9.17, 15) is 5.26 Å². The minimum atomic E-state index is -0.470. The van der Waals surface area contributed by atoms with Crippen molar-refractivity contribution in [3.8, 4) is 6.07 Å². The Balaban J connectivity index is 1.70. The first kappa shape index (κ1) is 18.9. The van der Waals surface area contributed by atoms with Gasteiger partial charge in [0.2, 0.25) is 0 Å². The normalized spacial score (nSPS) is 17.1. The first-order valence-corrected chi connectivity index (χ1v) is 9.93. The summed E-state index contributed by atoms with van der Waals surface area (Å²) >= 11 is 0. The molecule has 0 bridgehead atoms. The molecule has 2 aromatic carbocycles. The lowest BCUT2D eigenvalue weighted by Gasteiger charge is -2.28. The van der Waals surface area contributed by atoms with Crippen LogP contribution in [0.3, 0.4) is 0 Å². The Morgan fingerprint density at radius 1 is 1.03 bits per heavy atom. The summed E-state index contributed by atoms with van der Waals surface area (Å²) in [7, 11) is 0. The van der Waals surface area contributed by atoms with Crippen molar-refractivity contribution in [2.75, 3.05) is 0 Å². The summed E-state index contributed by atoms with van der Waals surface area (Å²) in [6.07, 6.45) is 0.832. The van der Waals surface area contributed by atoms with Crippen LogP contribution in [0.5, 0.6) is 0 Å². The monoisotopic (exact) mass is 383 g/mol. The fraction of sp³-hybridized carbons (Fsp3) is 0.292. The summed E-state index contributed by atoms with van der Waals surface area (Å²) in [6, 6.07) is 22.7. The summed E-state index contributed by atoms with van der Waals surface area (Å²) in [5.74, 6) is 0. The Labute approximate surface area is 171 Å². The fourth-order valence-electron chi connectivity index (χ4n) is 4.14. The van der Waals surface area contributed by atoms with Crippen LogP contribution >= 0.6 is 0 Å². The Kier molecular flexibility index (Phi) is 5.18. The third-order valence-electron chi connectivity index (χ3n) is 5.55. The van der Waals surface area contributed by atoms with Gasteiger partial charge in [-0.3, -0.25) is 9.69 Å². The lowest BCUT2D eigenvalue weighted by molar-refractivity contribution is 0.195. The highest BCUT2D eigenvalue weighted by Gasteiger charge is 2.35. The van der Waals surface area contributed by atoms with Crippen LogP contribution < -0.4 is 0 Å². The second kappa shape index (κ2) is 7.92. The van der Waals surface area contributed by atoms with Crippen LogP contribution in [-0.4, -0.2) is 20.5 Å². The van der Waals surface area contributed by atoms with Crippen molar-refractivity contribution in [3.05, 3.63) is 88.7 Å². The van der Waals surface area contributed by atoms with Crippen LogP contribution in [0.25, 0.3) is 0 Å². The number of nitriles is 1. The van der Waals surface area contributed by atoms with Gasteiger partial charge in [-0.1, -0.05) is 60.7 Å². The number of rotatable bonds is 5. The third-order valence-corrected chi connectivity index (χ3v) is 5.55. The molecule has 0 saturated heterocycles. The standard InChI is InChI=1S/C24H25N5/c1-17-14-22(21-12-8-5-9-13-21)29(26-17)23(15-25)24-18(2)27-28(19(24)3)16-20-10-6-4-7-11-20/h4-13,22-23H,14,16H2,1-3H3/t22-,23+/m1/s1. The molecule has 5 heteroatoms. The SMILES string of the molecule is CC1=NN([C@@H](C#N)c2c(C)nn(Cc3ccccc3)c2C)[C@@H](c2ccccc2)C1. The topological polar surface area (TPSA) is 57.2 Å². The van der Waals surface area contributed by atoms with Crippen molar-refractivity contribution < 1.29 is 0 Å². The molecular formula is C24H25N5. The summed E-state index contributed by atoms with van der Waals surface area (Å²) in [5, 5.41) is 21.6. The summed E-state index contributed by atoms with van der Waals surface area (Å²) < 4.78 is 1.99. The predicted molar refractivity (Wildman–Crippen MR) is 114 cm³/mol. The van der Waals surface area contributed by atoms with Gasteiger partial charge in [-0.2, -0.15) is 15.5 Å². The maximum absolute atomic E-state index is 10.1. The number of hydrogen-bond donors (Lipinski definition) is 0. The molecule has 0 amide bonds. The van der Waals surface area contributed by atoms with E-state index in [-0.39, 0.29) is 6.04 Å². The Hall–Kier alpha value is -3.39. The molecular weight excluding hydrogens is 358 g/mol. The van der Waals surface area contributed by atoms with E-state index in [0.717, 1.165) is 29.1 Å². The molecule has 0 radical (unpaired) electrons. The highest BCUT2D eigenvalue weighted by Crippen LogP contribution is 2.39. The van der Waals surface area contributed by atoms with E-state index >= 15 is 0 Å². The fourth-order valence-corrected chi connectivity index (χ4v) is 4.14. The molecule has 2 heterocycles. The van der Waals surface area contributed by atoms with Gasteiger partial charge in [0.15, 0.2) is 6.04 Å². The van der Waals surface area contributed by atoms with Gasteiger partial charge in [-0.25, -0.2) is 0 Å². The Bertz CT molecular complexity index is 1060. The van der Waals surface area contributed by atoms with Gasteiger partial charge in [0.05, 0.1) is 24.3 Å². The van der Waals surface area contributed by atoms with E-state index in [1.807, 2.05) is 66.9 Å². The van der Waals surface area contributed by atoms with E-state index in [0.29, 0.717) is 6.54 Å². The van der Waals surface area contributed by atoms with Gasteiger partial charge >= 0.3 is 0 Å². The van der Waals surface area contributed by atoms with Crippen LogP contribution in [0, 0.1) is 25.2 Å². The Morgan fingerprint density at radius 2 is 1.69 bits per heavy atom. The molecule has 0 unspecified atom stereocenters. The van der Waals surface area contributed by atoms with Gasteiger partial charge in [0, 0.05) is 23.4 Å². The molecule has 1 aliphatic heterocycles. The number of nitrogens with zero attached hydrogens (tertiary/aromatic N) is 5. The van der Waals surface area contributed by atoms with Crippen LogP contribution in [0.2, 0.25) is 0 Å². The van der Waals surface area contributed by atoms with Gasteiger partial charge in [0.25, 0.3) is 0 Å². The molecule has 4 rings (SSSR count). The molecule has 0 spiro atoms. The molecule has 0 aliphatic carbocycles. The maximum atomic E-state index is 10.1. The number of hydrazone groups is 1. The van der Waals surface area contributed by atoms with Crippen LogP contribution in [0.15, 0.2) is 65.8 Å².